The number of ether oxygens (including phenoxy) is 1. The van der Waals surface area contributed by atoms with Gasteiger partial charge in [-0.05, 0) is 12.1 Å². The average Bonchev–Trinajstić information content (AvgIpc) is 2.87. The highest BCUT2D eigenvalue weighted by molar-refractivity contribution is 7.14. The number of hydrogen-bond acceptors (Lipinski definition) is 6. The fourth-order valence-electron chi connectivity index (χ4n) is 1.41. The zero-order valence-corrected chi connectivity index (χ0v) is 11.7. The Balaban J connectivity index is 2.12. The van der Waals surface area contributed by atoms with Crippen molar-refractivity contribution < 1.29 is 14.3 Å². The van der Waals surface area contributed by atoms with Crippen LogP contribution in [0.5, 0.6) is 5.75 Å². The minimum atomic E-state index is -0.421. The van der Waals surface area contributed by atoms with Crippen LogP contribution in [0, 0.1) is 0 Å². The lowest BCUT2D eigenvalue weighted by Crippen LogP contribution is -2.14. The molecule has 0 saturated carbocycles. The van der Waals surface area contributed by atoms with Crippen molar-refractivity contribution in [2.24, 2.45) is 0 Å². The number of nitrogens with one attached hydrogen (secondary N) is 2. The second-order valence-electron chi connectivity index (χ2n) is 3.73. The largest absolute Gasteiger partial charge is 0.493 e. The third-order valence-electron chi connectivity index (χ3n) is 2.24. The number of nitrogens with zero attached hydrogens (tertiary/aromatic N) is 2. The minimum Gasteiger partial charge on any atom is -0.493 e. The van der Waals surface area contributed by atoms with Crippen LogP contribution in [0.25, 0.3) is 0 Å². The number of thiazole rings is 1. The van der Waals surface area contributed by atoms with E-state index in [1.165, 1.54) is 25.4 Å². The number of carbonyl (C=O) groups is 2. The summed E-state index contributed by atoms with van der Waals surface area (Å²) in [6, 6.07) is 3.39. The lowest BCUT2D eigenvalue weighted by Gasteiger charge is -2.07. The molecule has 0 unspecified atom stereocenters. The SMILES string of the molecule is COc1cccnc1NC(=O)c1csc(NC(C)=O)n1. The second-order valence-corrected chi connectivity index (χ2v) is 4.59. The second kappa shape index (κ2) is 6.11. The Morgan fingerprint density at radius 2 is 2.15 bits per heavy atom. The summed E-state index contributed by atoms with van der Waals surface area (Å²) in [5.74, 6) is 0.111. The van der Waals surface area contributed by atoms with Gasteiger partial charge in [-0.1, -0.05) is 0 Å². The molecular weight excluding hydrogens is 280 g/mol. The van der Waals surface area contributed by atoms with Crippen LogP contribution in [-0.4, -0.2) is 28.9 Å². The van der Waals surface area contributed by atoms with E-state index >= 15 is 0 Å². The van der Waals surface area contributed by atoms with Crippen LogP contribution in [0.2, 0.25) is 0 Å². The van der Waals surface area contributed by atoms with Crippen molar-refractivity contribution in [1.29, 1.82) is 0 Å². The number of rotatable bonds is 4. The molecule has 2 aromatic rings. The lowest BCUT2D eigenvalue weighted by atomic mass is 10.4. The Kier molecular flexibility index (Phi) is 4.26. The summed E-state index contributed by atoms with van der Waals surface area (Å²) in [6.07, 6.45) is 1.54. The molecule has 2 rings (SSSR count). The normalized spacial score (nSPS) is 9.90. The number of anilines is 2. The van der Waals surface area contributed by atoms with E-state index in [0.717, 1.165) is 0 Å². The summed E-state index contributed by atoms with van der Waals surface area (Å²) < 4.78 is 5.09. The molecule has 2 heterocycles. The zero-order chi connectivity index (χ0) is 14.5. The van der Waals surface area contributed by atoms with Gasteiger partial charge in [0.2, 0.25) is 5.91 Å². The maximum absolute atomic E-state index is 12.0. The number of hydrogen-bond donors (Lipinski definition) is 2. The summed E-state index contributed by atoms with van der Waals surface area (Å²) in [4.78, 5) is 30.9. The van der Waals surface area contributed by atoms with Crippen LogP contribution in [0.4, 0.5) is 10.9 Å². The van der Waals surface area contributed by atoms with Crippen LogP contribution in [0.1, 0.15) is 17.4 Å². The van der Waals surface area contributed by atoms with Crippen molar-refractivity contribution in [2.75, 3.05) is 17.7 Å². The van der Waals surface area contributed by atoms with E-state index in [1.807, 2.05) is 0 Å². The van der Waals surface area contributed by atoms with Gasteiger partial charge >= 0.3 is 0 Å². The van der Waals surface area contributed by atoms with Crippen LogP contribution in [0.15, 0.2) is 23.7 Å². The summed E-state index contributed by atoms with van der Waals surface area (Å²) in [7, 11) is 1.49. The highest BCUT2D eigenvalue weighted by Gasteiger charge is 2.14. The molecular formula is C12H12N4O3S. The van der Waals surface area contributed by atoms with Crippen molar-refractivity contribution in [3.05, 3.63) is 29.4 Å². The molecule has 0 aromatic carbocycles. The first kappa shape index (κ1) is 13.9. The summed E-state index contributed by atoms with van der Waals surface area (Å²) >= 11 is 1.17. The van der Waals surface area contributed by atoms with E-state index < -0.39 is 5.91 Å². The van der Waals surface area contributed by atoms with Crippen LogP contribution in [-0.2, 0) is 4.79 Å². The highest BCUT2D eigenvalue weighted by atomic mass is 32.1. The van der Waals surface area contributed by atoms with Crippen molar-refractivity contribution in [2.45, 2.75) is 6.92 Å². The maximum Gasteiger partial charge on any atom is 0.276 e. The molecule has 2 amide bonds. The standard InChI is InChI=1S/C12H12N4O3S/c1-7(17)14-12-15-8(6-20-12)11(18)16-10-9(19-2)4-3-5-13-10/h3-6H,1-2H3,(H,13,16,18)(H,14,15,17). The summed E-state index contributed by atoms with van der Waals surface area (Å²) in [5.41, 5.74) is 0.200. The van der Waals surface area contributed by atoms with Crippen molar-refractivity contribution in [3.8, 4) is 5.75 Å². The van der Waals surface area contributed by atoms with Gasteiger partial charge in [0.05, 0.1) is 7.11 Å². The van der Waals surface area contributed by atoms with E-state index in [2.05, 4.69) is 20.6 Å². The third kappa shape index (κ3) is 3.29. The van der Waals surface area contributed by atoms with Crippen molar-refractivity contribution >= 4 is 34.1 Å². The maximum atomic E-state index is 12.0. The molecule has 0 bridgehead atoms. The Morgan fingerprint density at radius 3 is 2.85 bits per heavy atom. The number of amides is 2. The van der Waals surface area contributed by atoms with Crippen LogP contribution in [0.3, 0.4) is 0 Å². The number of aromatic nitrogens is 2. The van der Waals surface area contributed by atoms with Gasteiger partial charge in [0.25, 0.3) is 5.91 Å². The van der Waals surface area contributed by atoms with Crippen LogP contribution < -0.4 is 15.4 Å². The molecule has 0 atom stereocenters. The number of carbonyl (C=O) groups excluding carboxylic acids is 2. The Hall–Kier alpha value is -2.48. The number of pyridine rings is 1. The van der Waals surface area contributed by atoms with Gasteiger partial charge < -0.3 is 15.4 Å². The molecule has 2 aromatic heterocycles. The zero-order valence-electron chi connectivity index (χ0n) is 10.8. The van der Waals surface area contributed by atoms with Gasteiger partial charge in [0.1, 0.15) is 5.69 Å². The molecule has 7 nitrogen and oxygen atoms in total. The van der Waals surface area contributed by atoms with E-state index in [0.29, 0.717) is 16.7 Å². The fourth-order valence-corrected chi connectivity index (χ4v) is 2.14. The number of methoxy groups -OCH3 is 1. The Morgan fingerprint density at radius 1 is 1.35 bits per heavy atom. The molecule has 0 spiro atoms. The smallest absolute Gasteiger partial charge is 0.276 e. The Labute approximate surface area is 119 Å². The molecule has 0 aliphatic rings. The van der Waals surface area contributed by atoms with E-state index in [-0.39, 0.29) is 11.6 Å². The van der Waals surface area contributed by atoms with E-state index in [9.17, 15) is 9.59 Å². The molecule has 20 heavy (non-hydrogen) atoms. The summed E-state index contributed by atoms with van der Waals surface area (Å²) in [6.45, 7) is 1.37. The molecule has 0 aliphatic heterocycles. The molecule has 0 fully saturated rings. The third-order valence-corrected chi connectivity index (χ3v) is 3.00. The van der Waals surface area contributed by atoms with Crippen molar-refractivity contribution in [3.63, 3.8) is 0 Å². The molecule has 0 radical (unpaired) electrons. The summed E-state index contributed by atoms with van der Waals surface area (Å²) in [5, 5.41) is 7.04. The fraction of sp³-hybridized carbons (Fsp3) is 0.167. The molecule has 104 valence electrons. The van der Waals surface area contributed by atoms with Gasteiger partial charge in [-0.25, -0.2) is 9.97 Å². The average molecular weight is 292 g/mol. The van der Waals surface area contributed by atoms with Crippen molar-refractivity contribution in [1.82, 2.24) is 9.97 Å². The predicted octanol–water partition coefficient (Wildman–Crippen LogP) is 1.76. The van der Waals surface area contributed by atoms with Gasteiger partial charge in [-0.3, -0.25) is 9.59 Å². The first-order valence-corrected chi connectivity index (χ1v) is 6.51. The van der Waals surface area contributed by atoms with Gasteiger partial charge in [0.15, 0.2) is 16.7 Å². The van der Waals surface area contributed by atoms with Gasteiger partial charge in [0, 0.05) is 18.5 Å². The Bertz CT molecular complexity index is 641. The van der Waals surface area contributed by atoms with Gasteiger partial charge in [-0.2, -0.15) is 0 Å². The molecule has 2 N–H and O–H groups in total. The van der Waals surface area contributed by atoms with E-state index in [4.69, 9.17) is 4.74 Å². The van der Waals surface area contributed by atoms with E-state index in [1.54, 1.807) is 23.7 Å². The first-order valence-electron chi connectivity index (χ1n) is 5.63. The van der Waals surface area contributed by atoms with Gasteiger partial charge in [-0.15, -0.1) is 11.3 Å². The molecule has 0 saturated heterocycles. The molecule has 8 heteroatoms. The quantitative estimate of drug-likeness (QED) is 0.895. The minimum absolute atomic E-state index is 0.200. The monoisotopic (exact) mass is 292 g/mol. The predicted molar refractivity (Wildman–Crippen MR) is 75.2 cm³/mol. The lowest BCUT2D eigenvalue weighted by molar-refractivity contribution is -0.114. The first-order chi connectivity index (χ1) is 9.60. The van der Waals surface area contributed by atoms with Crippen LogP contribution >= 0.6 is 11.3 Å². The highest BCUT2D eigenvalue weighted by Crippen LogP contribution is 2.22. The topological polar surface area (TPSA) is 93.2 Å². The molecule has 0 aliphatic carbocycles.